The van der Waals surface area contributed by atoms with Crippen molar-refractivity contribution < 1.29 is 19.4 Å². The molecule has 0 aromatic heterocycles. The highest BCUT2D eigenvalue weighted by atomic mass is 16.5. The average molecular weight is 326 g/mol. The Balaban J connectivity index is 1.94. The molecular formula is C20H22O4. The molecule has 24 heavy (non-hydrogen) atoms. The highest BCUT2D eigenvalue weighted by molar-refractivity contribution is 5.88. The zero-order chi connectivity index (χ0) is 17.4. The molecule has 2 aromatic rings. The van der Waals surface area contributed by atoms with Crippen LogP contribution in [0.15, 0.2) is 48.5 Å². The number of fused-ring (bicyclic) bond motifs is 1. The number of esters is 1. The van der Waals surface area contributed by atoms with Gasteiger partial charge in [0.15, 0.2) is 0 Å². The van der Waals surface area contributed by atoms with E-state index < -0.39 is 17.0 Å². The van der Waals surface area contributed by atoms with Gasteiger partial charge in [-0.05, 0) is 31.0 Å². The molecule has 1 aliphatic rings. The molecule has 0 amide bonds. The molecule has 1 N–H and O–H groups in total. The number of hydrogen-bond donors (Lipinski definition) is 1. The predicted octanol–water partition coefficient (Wildman–Crippen LogP) is 3.00. The fourth-order valence-electron chi connectivity index (χ4n) is 3.47. The molecule has 3 rings (SSSR count). The van der Waals surface area contributed by atoms with E-state index in [1.54, 1.807) is 21.0 Å². The standard InChI is InChI=1S/C20H22O4/c1-19(22)12-15-10-7-11-16(23-3)17(15)20(19,2)18(21)24-13-14-8-5-4-6-9-14/h4-11,22H,12-13H2,1-3H3/t19-,20-/m0/s1. The molecule has 0 saturated heterocycles. The maximum atomic E-state index is 12.9. The lowest BCUT2D eigenvalue weighted by atomic mass is 9.74. The van der Waals surface area contributed by atoms with Gasteiger partial charge in [-0.25, -0.2) is 0 Å². The van der Waals surface area contributed by atoms with Crippen molar-refractivity contribution in [3.8, 4) is 5.75 Å². The van der Waals surface area contributed by atoms with Crippen LogP contribution in [0.5, 0.6) is 5.75 Å². The highest BCUT2D eigenvalue weighted by Crippen LogP contribution is 2.50. The SMILES string of the molecule is COc1cccc2c1[C@@](C)(C(=O)OCc1ccccc1)[C@@](C)(O)C2. The predicted molar refractivity (Wildman–Crippen MR) is 90.9 cm³/mol. The number of methoxy groups -OCH3 is 1. The number of hydrogen-bond acceptors (Lipinski definition) is 4. The van der Waals surface area contributed by atoms with Crippen LogP contribution in [0.2, 0.25) is 0 Å². The van der Waals surface area contributed by atoms with Crippen LogP contribution in [0.25, 0.3) is 0 Å². The van der Waals surface area contributed by atoms with E-state index in [1.165, 1.54) is 0 Å². The molecule has 1 aliphatic carbocycles. The van der Waals surface area contributed by atoms with Crippen molar-refractivity contribution in [3.05, 3.63) is 65.2 Å². The molecular weight excluding hydrogens is 304 g/mol. The lowest BCUT2D eigenvalue weighted by Gasteiger charge is -2.35. The quantitative estimate of drug-likeness (QED) is 0.878. The number of carbonyl (C=O) groups excluding carboxylic acids is 1. The van der Waals surface area contributed by atoms with Crippen LogP contribution in [-0.4, -0.2) is 23.8 Å². The van der Waals surface area contributed by atoms with Gasteiger partial charge >= 0.3 is 5.97 Å². The zero-order valence-electron chi connectivity index (χ0n) is 14.2. The zero-order valence-corrected chi connectivity index (χ0v) is 14.2. The normalized spacial score (nSPS) is 25.2. The fourth-order valence-corrected chi connectivity index (χ4v) is 3.47. The lowest BCUT2D eigenvalue weighted by molar-refractivity contribution is -0.161. The summed E-state index contributed by atoms with van der Waals surface area (Å²) in [6.45, 7) is 3.58. The summed E-state index contributed by atoms with van der Waals surface area (Å²) < 4.78 is 11.0. The van der Waals surface area contributed by atoms with Gasteiger partial charge in [0.25, 0.3) is 0 Å². The molecule has 2 atom stereocenters. The maximum absolute atomic E-state index is 12.9. The summed E-state index contributed by atoms with van der Waals surface area (Å²) in [6.07, 6.45) is 0.385. The molecule has 0 saturated carbocycles. The van der Waals surface area contributed by atoms with E-state index in [0.717, 1.165) is 16.7 Å². The van der Waals surface area contributed by atoms with Gasteiger partial charge in [0.1, 0.15) is 17.8 Å². The van der Waals surface area contributed by atoms with Crippen LogP contribution in [0.3, 0.4) is 0 Å². The van der Waals surface area contributed by atoms with Gasteiger partial charge in [-0.3, -0.25) is 4.79 Å². The van der Waals surface area contributed by atoms with Crippen molar-refractivity contribution in [2.24, 2.45) is 0 Å². The topological polar surface area (TPSA) is 55.8 Å². The number of rotatable bonds is 4. The van der Waals surface area contributed by atoms with Crippen molar-refractivity contribution >= 4 is 5.97 Å². The first-order valence-corrected chi connectivity index (χ1v) is 8.00. The number of aliphatic hydroxyl groups is 1. The minimum Gasteiger partial charge on any atom is -0.496 e. The van der Waals surface area contributed by atoms with Gasteiger partial charge in [0.2, 0.25) is 0 Å². The van der Waals surface area contributed by atoms with Gasteiger partial charge in [-0.1, -0.05) is 42.5 Å². The molecule has 0 fully saturated rings. The Morgan fingerprint density at radius 2 is 1.83 bits per heavy atom. The van der Waals surface area contributed by atoms with E-state index >= 15 is 0 Å². The third kappa shape index (κ3) is 2.47. The van der Waals surface area contributed by atoms with Gasteiger partial charge < -0.3 is 14.6 Å². The largest absolute Gasteiger partial charge is 0.496 e. The summed E-state index contributed by atoms with van der Waals surface area (Å²) in [5.74, 6) is 0.157. The second kappa shape index (κ2) is 5.95. The van der Waals surface area contributed by atoms with Crippen LogP contribution in [-0.2, 0) is 28.0 Å². The fraction of sp³-hybridized carbons (Fsp3) is 0.350. The van der Waals surface area contributed by atoms with E-state index in [-0.39, 0.29) is 6.61 Å². The minimum atomic E-state index is -1.24. The van der Waals surface area contributed by atoms with E-state index in [9.17, 15) is 9.90 Å². The van der Waals surface area contributed by atoms with E-state index in [2.05, 4.69) is 0 Å². The summed E-state index contributed by atoms with van der Waals surface area (Å²) >= 11 is 0. The van der Waals surface area contributed by atoms with Gasteiger partial charge in [-0.15, -0.1) is 0 Å². The van der Waals surface area contributed by atoms with Crippen molar-refractivity contribution in [2.45, 2.75) is 37.9 Å². The lowest BCUT2D eigenvalue weighted by Crippen LogP contribution is -2.51. The molecule has 2 aromatic carbocycles. The highest BCUT2D eigenvalue weighted by Gasteiger charge is 2.58. The third-order valence-electron chi connectivity index (χ3n) is 5.07. The second-order valence-corrected chi connectivity index (χ2v) is 6.63. The molecule has 0 bridgehead atoms. The van der Waals surface area contributed by atoms with Crippen molar-refractivity contribution in [1.82, 2.24) is 0 Å². The molecule has 0 unspecified atom stereocenters. The Morgan fingerprint density at radius 1 is 1.12 bits per heavy atom. The third-order valence-corrected chi connectivity index (χ3v) is 5.07. The monoisotopic (exact) mass is 326 g/mol. The summed E-state index contributed by atoms with van der Waals surface area (Å²) in [7, 11) is 1.57. The number of ether oxygens (including phenoxy) is 2. The Morgan fingerprint density at radius 3 is 2.50 bits per heavy atom. The molecule has 4 nitrogen and oxygen atoms in total. The first kappa shape index (κ1) is 16.5. The summed E-state index contributed by atoms with van der Waals surface area (Å²) in [6, 6.07) is 15.1. The first-order valence-electron chi connectivity index (χ1n) is 8.00. The van der Waals surface area contributed by atoms with Crippen LogP contribution in [0.1, 0.15) is 30.5 Å². The molecule has 0 radical (unpaired) electrons. The second-order valence-electron chi connectivity index (χ2n) is 6.63. The Labute approximate surface area is 142 Å². The smallest absolute Gasteiger partial charge is 0.319 e. The van der Waals surface area contributed by atoms with Gasteiger partial charge in [0.05, 0.1) is 12.7 Å². The van der Waals surface area contributed by atoms with E-state index in [0.29, 0.717) is 12.2 Å². The van der Waals surface area contributed by atoms with Gasteiger partial charge in [0, 0.05) is 12.0 Å². The molecule has 126 valence electrons. The van der Waals surface area contributed by atoms with Crippen LogP contribution in [0, 0.1) is 0 Å². The van der Waals surface area contributed by atoms with Crippen LogP contribution >= 0.6 is 0 Å². The first-order chi connectivity index (χ1) is 11.4. The van der Waals surface area contributed by atoms with Crippen molar-refractivity contribution in [1.29, 1.82) is 0 Å². The minimum absolute atomic E-state index is 0.176. The maximum Gasteiger partial charge on any atom is 0.319 e. The van der Waals surface area contributed by atoms with Crippen LogP contribution in [0.4, 0.5) is 0 Å². The molecule has 4 heteroatoms. The van der Waals surface area contributed by atoms with E-state index in [4.69, 9.17) is 9.47 Å². The van der Waals surface area contributed by atoms with Crippen molar-refractivity contribution in [3.63, 3.8) is 0 Å². The van der Waals surface area contributed by atoms with Gasteiger partial charge in [-0.2, -0.15) is 0 Å². The Hall–Kier alpha value is -2.33. The summed E-state index contributed by atoms with van der Waals surface area (Å²) in [5, 5.41) is 11.0. The average Bonchev–Trinajstić information content (AvgIpc) is 2.80. The molecule has 0 spiro atoms. The number of carbonyl (C=O) groups is 1. The van der Waals surface area contributed by atoms with E-state index in [1.807, 2.05) is 48.5 Å². The van der Waals surface area contributed by atoms with Crippen LogP contribution < -0.4 is 4.74 Å². The molecule has 0 heterocycles. The van der Waals surface area contributed by atoms with Crippen molar-refractivity contribution in [2.75, 3.05) is 7.11 Å². The molecule has 0 aliphatic heterocycles. The Kier molecular flexibility index (Phi) is 4.10. The number of benzene rings is 2. The summed E-state index contributed by atoms with van der Waals surface area (Å²) in [5.41, 5.74) is 0.128. The summed E-state index contributed by atoms with van der Waals surface area (Å²) in [4.78, 5) is 12.9. The Bertz CT molecular complexity index is 751.